The van der Waals surface area contributed by atoms with E-state index in [9.17, 15) is 0 Å². The highest BCUT2D eigenvalue weighted by molar-refractivity contribution is 7.80. The first-order chi connectivity index (χ1) is 7.16. The third-order valence-electron chi connectivity index (χ3n) is 2.77. The molecule has 15 heavy (non-hydrogen) atoms. The van der Waals surface area contributed by atoms with Crippen LogP contribution in [0.5, 0.6) is 0 Å². The van der Waals surface area contributed by atoms with E-state index in [0.29, 0.717) is 11.8 Å². The van der Waals surface area contributed by atoms with Gasteiger partial charge in [-0.3, -0.25) is 0 Å². The second-order valence-corrected chi connectivity index (χ2v) is 4.70. The number of thiol groups is 1. The predicted molar refractivity (Wildman–Crippen MR) is 70.7 cm³/mol. The van der Waals surface area contributed by atoms with Crippen molar-refractivity contribution in [3.63, 3.8) is 0 Å². The summed E-state index contributed by atoms with van der Waals surface area (Å²) >= 11 is 4.53. The molecule has 0 aliphatic carbocycles. The Bertz CT molecular complexity index is 326. The molecule has 0 aromatic heterocycles. The average molecular weight is 220 g/mol. The van der Waals surface area contributed by atoms with E-state index in [1.165, 1.54) is 5.56 Å². The van der Waals surface area contributed by atoms with Gasteiger partial charge >= 0.3 is 0 Å². The monoisotopic (exact) mass is 220 g/mol. The molecule has 0 N–H and O–H groups in total. The summed E-state index contributed by atoms with van der Waals surface area (Å²) in [6.07, 6.45) is 5.47. The number of benzene rings is 1. The van der Waals surface area contributed by atoms with Crippen molar-refractivity contribution in [2.24, 2.45) is 5.92 Å². The van der Waals surface area contributed by atoms with E-state index in [2.05, 4.69) is 63.8 Å². The van der Waals surface area contributed by atoms with Crippen LogP contribution in [-0.4, -0.2) is 0 Å². The minimum absolute atomic E-state index is 0.579. The Labute approximate surface area is 98.8 Å². The van der Waals surface area contributed by atoms with E-state index in [4.69, 9.17) is 0 Å². The van der Waals surface area contributed by atoms with Gasteiger partial charge in [-0.1, -0.05) is 44.2 Å². The third-order valence-corrected chi connectivity index (χ3v) is 3.17. The molecule has 0 fully saturated rings. The summed E-state index contributed by atoms with van der Waals surface area (Å²) in [7, 11) is 0. The second kappa shape index (κ2) is 6.02. The van der Waals surface area contributed by atoms with Crippen LogP contribution < -0.4 is 0 Å². The van der Waals surface area contributed by atoms with E-state index in [1.807, 2.05) is 6.07 Å². The molecule has 1 aromatic carbocycles. The number of rotatable bonds is 4. The standard InChI is InChI=1S/C14H20S/c1-4-5-8-12(11(2)3)13-9-6-7-10-14(13)15/h4-7,9-12,15H,8H2,1-3H3/b5-4-. The molecule has 0 saturated carbocycles. The summed E-state index contributed by atoms with van der Waals surface area (Å²) in [5.74, 6) is 1.23. The molecular weight excluding hydrogens is 200 g/mol. The summed E-state index contributed by atoms with van der Waals surface area (Å²) in [6.45, 7) is 6.62. The number of allylic oxidation sites excluding steroid dienone is 2. The van der Waals surface area contributed by atoms with Gasteiger partial charge in [0.25, 0.3) is 0 Å². The highest BCUT2D eigenvalue weighted by Crippen LogP contribution is 2.32. The van der Waals surface area contributed by atoms with Crippen LogP contribution in [0.15, 0.2) is 41.3 Å². The molecule has 0 aliphatic heterocycles. The number of hydrogen-bond acceptors (Lipinski definition) is 1. The molecule has 1 unspecified atom stereocenters. The van der Waals surface area contributed by atoms with Crippen LogP contribution in [0, 0.1) is 5.92 Å². The van der Waals surface area contributed by atoms with Gasteiger partial charge in [0, 0.05) is 4.90 Å². The largest absolute Gasteiger partial charge is 0.143 e. The first-order valence-corrected chi connectivity index (χ1v) is 6.00. The SMILES string of the molecule is C/C=C\CC(c1ccccc1S)C(C)C. The molecule has 0 radical (unpaired) electrons. The maximum atomic E-state index is 4.53. The first-order valence-electron chi connectivity index (χ1n) is 5.55. The van der Waals surface area contributed by atoms with Crippen molar-refractivity contribution in [2.45, 2.75) is 38.0 Å². The van der Waals surface area contributed by atoms with Crippen molar-refractivity contribution in [2.75, 3.05) is 0 Å². The van der Waals surface area contributed by atoms with Crippen LogP contribution in [0.4, 0.5) is 0 Å². The zero-order valence-electron chi connectivity index (χ0n) is 9.77. The summed E-state index contributed by atoms with van der Waals surface area (Å²) < 4.78 is 0. The molecule has 0 aliphatic rings. The Morgan fingerprint density at radius 2 is 1.93 bits per heavy atom. The molecule has 82 valence electrons. The van der Waals surface area contributed by atoms with Crippen LogP contribution in [0.25, 0.3) is 0 Å². The van der Waals surface area contributed by atoms with Crippen molar-refractivity contribution in [1.82, 2.24) is 0 Å². The normalized spacial score (nSPS) is 13.7. The van der Waals surface area contributed by atoms with E-state index >= 15 is 0 Å². The molecule has 1 rings (SSSR count). The van der Waals surface area contributed by atoms with Crippen LogP contribution >= 0.6 is 12.6 Å². The molecule has 0 heterocycles. The zero-order valence-corrected chi connectivity index (χ0v) is 10.7. The Morgan fingerprint density at radius 3 is 2.47 bits per heavy atom. The molecular formula is C14H20S. The van der Waals surface area contributed by atoms with Gasteiger partial charge in [0.1, 0.15) is 0 Å². The van der Waals surface area contributed by atoms with Crippen molar-refractivity contribution in [3.05, 3.63) is 42.0 Å². The maximum absolute atomic E-state index is 4.53. The van der Waals surface area contributed by atoms with E-state index < -0.39 is 0 Å². The summed E-state index contributed by atoms with van der Waals surface area (Å²) in [5, 5.41) is 0. The molecule has 1 aromatic rings. The smallest absolute Gasteiger partial charge is 0.00750 e. The van der Waals surface area contributed by atoms with E-state index in [-0.39, 0.29) is 0 Å². The van der Waals surface area contributed by atoms with Gasteiger partial charge in [0.2, 0.25) is 0 Å². The molecule has 1 heteroatoms. The second-order valence-electron chi connectivity index (χ2n) is 4.21. The van der Waals surface area contributed by atoms with Gasteiger partial charge < -0.3 is 0 Å². The Kier molecular flexibility index (Phi) is 4.97. The van der Waals surface area contributed by atoms with Crippen LogP contribution in [0.2, 0.25) is 0 Å². The van der Waals surface area contributed by atoms with Gasteiger partial charge in [0.15, 0.2) is 0 Å². The maximum Gasteiger partial charge on any atom is 0.00750 e. The lowest BCUT2D eigenvalue weighted by Crippen LogP contribution is -2.06. The van der Waals surface area contributed by atoms with Gasteiger partial charge in [-0.25, -0.2) is 0 Å². The Morgan fingerprint density at radius 1 is 1.27 bits per heavy atom. The molecule has 0 amide bonds. The van der Waals surface area contributed by atoms with Crippen molar-refractivity contribution < 1.29 is 0 Å². The first kappa shape index (κ1) is 12.4. The van der Waals surface area contributed by atoms with E-state index in [0.717, 1.165) is 11.3 Å². The molecule has 0 saturated heterocycles. The molecule has 0 bridgehead atoms. The molecule has 1 atom stereocenters. The van der Waals surface area contributed by atoms with Gasteiger partial charge in [-0.05, 0) is 36.8 Å². The zero-order chi connectivity index (χ0) is 11.3. The van der Waals surface area contributed by atoms with Crippen LogP contribution in [-0.2, 0) is 0 Å². The topological polar surface area (TPSA) is 0 Å². The lowest BCUT2D eigenvalue weighted by Gasteiger charge is -2.21. The minimum atomic E-state index is 0.579. The van der Waals surface area contributed by atoms with Crippen LogP contribution in [0.3, 0.4) is 0 Å². The van der Waals surface area contributed by atoms with Gasteiger partial charge in [0.05, 0.1) is 0 Å². The predicted octanol–water partition coefficient (Wildman–Crippen LogP) is 4.68. The summed E-state index contributed by atoms with van der Waals surface area (Å²) in [4.78, 5) is 1.11. The Balaban J connectivity index is 2.93. The third kappa shape index (κ3) is 3.42. The average Bonchev–Trinajstić information content (AvgIpc) is 2.20. The van der Waals surface area contributed by atoms with Crippen LogP contribution in [0.1, 0.15) is 38.7 Å². The lowest BCUT2D eigenvalue weighted by atomic mass is 9.85. The fourth-order valence-electron chi connectivity index (χ4n) is 1.84. The fourth-order valence-corrected chi connectivity index (χ4v) is 2.17. The lowest BCUT2D eigenvalue weighted by molar-refractivity contribution is 0.496. The fraction of sp³-hybridized carbons (Fsp3) is 0.429. The summed E-state index contributed by atoms with van der Waals surface area (Å²) in [6, 6.07) is 8.40. The van der Waals surface area contributed by atoms with Crippen molar-refractivity contribution >= 4 is 12.6 Å². The summed E-state index contributed by atoms with van der Waals surface area (Å²) in [5.41, 5.74) is 1.37. The van der Waals surface area contributed by atoms with Gasteiger partial charge in [-0.2, -0.15) is 0 Å². The highest BCUT2D eigenvalue weighted by Gasteiger charge is 2.15. The molecule has 0 spiro atoms. The number of hydrogen-bond donors (Lipinski definition) is 1. The van der Waals surface area contributed by atoms with Gasteiger partial charge in [-0.15, -0.1) is 12.6 Å². The highest BCUT2D eigenvalue weighted by atomic mass is 32.1. The quantitative estimate of drug-likeness (QED) is 0.553. The van der Waals surface area contributed by atoms with E-state index in [1.54, 1.807) is 0 Å². The minimum Gasteiger partial charge on any atom is -0.143 e. The molecule has 0 nitrogen and oxygen atoms in total. The van der Waals surface area contributed by atoms with Crippen molar-refractivity contribution in [1.29, 1.82) is 0 Å². The van der Waals surface area contributed by atoms with Crippen molar-refractivity contribution in [3.8, 4) is 0 Å². The Hall–Kier alpha value is -0.690.